The Morgan fingerprint density at radius 2 is 2.03 bits per heavy atom. The Hall–Kier alpha value is -3.58. The molecule has 0 saturated carbocycles. The minimum absolute atomic E-state index is 0.0149. The number of nitrogens with one attached hydrogen (secondary N) is 1. The Bertz CT molecular complexity index is 1440. The van der Waals surface area contributed by atoms with Crippen LogP contribution >= 0.6 is 11.3 Å². The number of alkyl halides is 3. The van der Waals surface area contributed by atoms with Gasteiger partial charge in [0, 0.05) is 42.0 Å². The van der Waals surface area contributed by atoms with Crippen molar-refractivity contribution in [2.75, 3.05) is 11.3 Å². The zero-order chi connectivity index (χ0) is 24.6. The molecule has 0 unspecified atom stereocenters. The molecule has 0 radical (unpaired) electrons. The number of aromatic nitrogens is 3. The summed E-state index contributed by atoms with van der Waals surface area (Å²) in [6, 6.07) is 9.16. The van der Waals surface area contributed by atoms with Gasteiger partial charge in [0.2, 0.25) is 0 Å². The third kappa shape index (κ3) is 4.82. The lowest BCUT2D eigenvalue weighted by Crippen LogP contribution is -2.20. The van der Waals surface area contributed by atoms with Crippen molar-refractivity contribution < 1.29 is 31.1 Å². The van der Waals surface area contributed by atoms with E-state index in [2.05, 4.69) is 14.8 Å². The molecule has 2 aromatic carbocycles. The van der Waals surface area contributed by atoms with Gasteiger partial charge in [0.05, 0.1) is 17.1 Å². The van der Waals surface area contributed by atoms with Gasteiger partial charge < -0.3 is 9.47 Å². The summed E-state index contributed by atoms with van der Waals surface area (Å²) in [6.45, 7) is 0.235. The molecular weight excluding hydrogens is 505 g/mol. The molecule has 182 valence electrons. The number of anilines is 1. The quantitative estimate of drug-likeness (QED) is 0.381. The van der Waals surface area contributed by atoms with Gasteiger partial charge >= 0.3 is 6.18 Å². The Morgan fingerprint density at radius 3 is 2.74 bits per heavy atom. The van der Waals surface area contributed by atoms with E-state index in [0.717, 1.165) is 23.5 Å². The van der Waals surface area contributed by atoms with Crippen molar-refractivity contribution in [2.24, 2.45) is 0 Å². The summed E-state index contributed by atoms with van der Waals surface area (Å²) in [6.07, 6.45) is -0.230. The molecule has 0 bridgehead atoms. The highest BCUT2D eigenvalue weighted by Gasteiger charge is 2.32. The molecule has 1 aliphatic rings. The molecule has 35 heavy (non-hydrogen) atoms. The summed E-state index contributed by atoms with van der Waals surface area (Å²) >= 11 is 1.15. The number of thiazole rings is 1. The predicted octanol–water partition coefficient (Wildman–Crippen LogP) is 5.05. The summed E-state index contributed by atoms with van der Waals surface area (Å²) in [5, 5.41) is 5.93. The Morgan fingerprint density at radius 1 is 1.17 bits per heavy atom. The van der Waals surface area contributed by atoms with Crippen molar-refractivity contribution in [1.82, 2.24) is 14.8 Å². The van der Waals surface area contributed by atoms with Crippen LogP contribution in [0.25, 0.3) is 5.69 Å². The second kappa shape index (κ2) is 8.89. The fraction of sp³-hybridized carbons (Fsp3) is 0.182. The number of hydrogen-bond acceptors (Lipinski definition) is 7. The molecule has 5 rings (SSSR count). The second-order valence-electron chi connectivity index (χ2n) is 7.52. The van der Waals surface area contributed by atoms with Gasteiger partial charge in [0.15, 0.2) is 5.13 Å². The third-order valence-corrected chi connectivity index (χ3v) is 7.39. The lowest BCUT2D eigenvalue weighted by molar-refractivity contribution is -0.137. The molecule has 8 nitrogen and oxygen atoms in total. The Labute approximate surface area is 202 Å². The summed E-state index contributed by atoms with van der Waals surface area (Å²) in [5.41, 5.74) is -0.120. The topological polar surface area (TPSA) is 95.3 Å². The maximum Gasteiger partial charge on any atom is 0.416 e. The van der Waals surface area contributed by atoms with Gasteiger partial charge in [0.1, 0.15) is 23.3 Å². The fourth-order valence-corrected chi connectivity index (χ4v) is 5.42. The summed E-state index contributed by atoms with van der Waals surface area (Å²) < 4.78 is 80.9. The number of ether oxygens (including phenoxy) is 2. The maximum atomic E-state index is 13.3. The monoisotopic (exact) mass is 522 g/mol. The average Bonchev–Trinajstić information content (AvgIpc) is 3.53. The number of sulfonamides is 1. The van der Waals surface area contributed by atoms with E-state index >= 15 is 0 Å². The highest BCUT2D eigenvalue weighted by Crippen LogP contribution is 2.40. The first-order valence-corrected chi connectivity index (χ1v) is 12.6. The lowest BCUT2D eigenvalue weighted by atomic mass is 10.0. The standard InChI is InChI=1S/C22H17F3N4O4S2/c23-22(24,25)14-2-5-19(17(12-14)29-9-1-7-27-29)33-18-6-10-32-20-13-15(3-4-16(18)20)35(30,31)28-21-26-8-11-34-21/h1-5,7-9,11-13,18H,6,10H2,(H,26,28)/t18-/m1/s1. The number of fused-ring (bicyclic) bond motifs is 1. The molecule has 3 heterocycles. The van der Waals surface area contributed by atoms with E-state index in [1.165, 1.54) is 41.5 Å². The SMILES string of the molecule is O=S(=O)(Nc1nccs1)c1ccc2c(c1)OCC[C@H]2Oc1ccc(C(F)(F)F)cc1-n1cccn1. The van der Waals surface area contributed by atoms with E-state index in [9.17, 15) is 21.6 Å². The predicted molar refractivity (Wildman–Crippen MR) is 121 cm³/mol. The van der Waals surface area contributed by atoms with Crippen LogP contribution in [0.1, 0.15) is 23.7 Å². The normalized spacial score (nSPS) is 15.8. The molecule has 1 aliphatic heterocycles. The molecule has 0 spiro atoms. The van der Waals surface area contributed by atoms with Gasteiger partial charge in [-0.2, -0.15) is 18.3 Å². The average molecular weight is 523 g/mol. The largest absolute Gasteiger partial charge is 0.493 e. The minimum atomic E-state index is -4.53. The fourth-order valence-electron chi connectivity index (χ4n) is 3.61. The van der Waals surface area contributed by atoms with E-state index in [1.807, 2.05) is 0 Å². The number of hydrogen-bond donors (Lipinski definition) is 1. The molecule has 13 heteroatoms. The van der Waals surface area contributed by atoms with Crippen LogP contribution in [0.3, 0.4) is 0 Å². The number of rotatable bonds is 6. The van der Waals surface area contributed by atoms with Gasteiger partial charge in [-0.1, -0.05) is 6.07 Å². The van der Waals surface area contributed by atoms with Crippen LogP contribution in [0, 0.1) is 0 Å². The smallest absolute Gasteiger partial charge is 0.416 e. The van der Waals surface area contributed by atoms with E-state index in [1.54, 1.807) is 17.5 Å². The molecular formula is C22H17F3N4O4S2. The Kier molecular flexibility index (Phi) is 5.89. The summed E-state index contributed by atoms with van der Waals surface area (Å²) in [7, 11) is -3.89. The van der Waals surface area contributed by atoms with Crippen molar-refractivity contribution in [3.05, 3.63) is 77.6 Å². The number of nitrogens with zero attached hydrogens (tertiary/aromatic N) is 3. The van der Waals surface area contributed by atoms with Gasteiger partial charge in [-0.25, -0.2) is 18.1 Å². The molecule has 1 atom stereocenters. The Balaban J connectivity index is 1.46. The van der Waals surface area contributed by atoms with Crippen LogP contribution in [0.4, 0.5) is 18.3 Å². The van der Waals surface area contributed by atoms with Crippen molar-refractivity contribution in [3.8, 4) is 17.2 Å². The summed E-state index contributed by atoms with van der Waals surface area (Å²) in [5.74, 6) is 0.512. The zero-order valence-corrected chi connectivity index (χ0v) is 19.4. The van der Waals surface area contributed by atoms with Gasteiger partial charge in [0.25, 0.3) is 10.0 Å². The molecule has 4 aromatic rings. The third-order valence-electron chi connectivity index (χ3n) is 5.24. The van der Waals surface area contributed by atoms with Crippen LogP contribution in [0.15, 0.2) is 71.3 Å². The van der Waals surface area contributed by atoms with Crippen LogP contribution < -0.4 is 14.2 Å². The zero-order valence-electron chi connectivity index (χ0n) is 17.8. The van der Waals surface area contributed by atoms with E-state index in [0.29, 0.717) is 17.7 Å². The highest BCUT2D eigenvalue weighted by molar-refractivity contribution is 7.93. The van der Waals surface area contributed by atoms with E-state index in [-0.39, 0.29) is 28.1 Å². The molecule has 1 N–H and O–H groups in total. The number of halogens is 3. The first-order valence-electron chi connectivity index (χ1n) is 10.3. The number of benzene rings is 2. The van der Waals surface area contributed by atoms with E-state index < -0.39 is 27.9 Å². The van der Waals surface area contributed by atoms with Gasteiger partial charge in [-0.3, -0.25) is 4.72 Å². The first kappa shape index (κ1) is 23.2. The maximum absolute atomic E-state index is 13.3. The summed E-state index contributed by atoms with van der Waals surface area (Å²) in [4.78, 5) is 3.91. The van der Waals surface area contributed by atoms with Crippen LogP contribution in [-0.2, 0) is 16.2 Å². The van der Waals surface area contributed by atoms with E-state index in [4.69, 9.17) is 9.47 Å². The minimum Gasteiger partial charge on any atom is -0.493 e. The molecule has 0 saturated heterocycles. The molecule has 0 fully saturated rings. The molecule has 2 aromatic heterocycles. The van der Waals surface area contributed by atoms with Gasteiger partial charge in [-0.15, -0.1) is 11.3 Å². The van der Waals surface area contributed by atoms with Gasteiger partial charge in [-0.05, 0) is 30.3 Å². The highest BCUT2D eigenvalue weighted by atomic mass is 32.2. The second-order valence-corrected chi connectivity index (χ2v) is 10.1. The van der Waals surface area contributed by atoms with Crippen molar-refractivity contribution in [1.29, 1.82) is 0 Å². The lowest BCUT2D eigenvalue weighted by Gasteiger charge is -2.28. The van der Waals surface area contributed by atoms with Crippen molar-refractivity contribution in [3.63, 3.8) is 0 Å². The first-order chi connectivity index (χ1) is 16.7. The van der Waals surface area contributed by atoms with Crippen LogP contribution in [0.5, 0.6) is 11.5 Å². The van der Waals surface area contributed by atoms with Crippen molar-refractivity contribution >= 4 is 26.5 Å². The van der Waals surface area contributed by atoms with Crippen LogP contribution in [-0.4, -0.2) is 29.8 Å². The van der Waals surface area contributed by atoms with Crippen LogP contribution in [0.2, 0.25) is 0 Å². The van der Waals surface area contributed by atoms with Crippen molar-refractivity contribution in [2.45, 2.75) is 23.6 Å². The molecule has 0 aliphatic carbocycles. The molecule has 0 amide bonds.